The number of ether oxygens (including phenoxy) is 3. The molecule has 2 aromatic rings. The molecule has 1 fully saturated rings. The van der Waals surface area contributed by atoms with Crippen molar-refractivity contribution in [2.45, 2.75) is 25.8 Å². The summed E-state index contributed by atoms with van der Waals surface area (Å²) in [5, 5.41) is 8.76. The number of nitrogens with zero attached hydrogens (tertiary/aromatic N) is 3. The van der Waals surface area contributed by atoms with E-state index in [-0.39, 0.29) is 0 Å². The summed E-state index contributed by atoms with van der Waals surface area (Å²) >= 11 is 0. The summed E-state index contributed by atoms with van der Waals surface area (Å²) < 4.78 is 17.3. The van der Waals surface area contributed by atoms with Crippen LogP contribution in [0.5, 0.6) is 17.2 Å². The molecule has 0 atom stereocenters. The van der Waals surface area contributed by atoms with Crippen LogP contribution in [0.2, 0.25) is 0 Å². The van der Waals surface area contributed by atoms with Gasteiger partial charge in [-0.1, -0.05) is 30.3 Å². The van der Waals surface area contributed by atoms with Gasteiger partial charge in [0.25, 0.3) is 0 Å². The second-order valence-corrected chi connectivity index (χ2v) is 7.79. The molecule has 0 aliphatic carbocycles. The molecule has 1 aliphatic rings. The van der Waals surface area contributed by atoms with Gasteiger partial charge in [0.1, 0.15) is 0 Å². The van der Waals surface area contributed by atoms with Gasteiger partial charge in [-0.15, -0.1) is 0 Å². The van der Waals surface area contributed by atoms with Gasteiger partial charge < -0.3 is 14.2 Å². The van der Waals surface area contributed by atoms with Gasteiger partial charge in [-0.25, -0.2) is 0 Å². The summed E-state index contributed by atoms with van der Waals surface area (Å²) in [5.41, 5.74) is 2.46. The number of benzene rings is 2. The lowest BCUT2D eigenvalue weighted by Crippen LogP contribution is -2.46. The third-order valence-corrected chi connectivity index (χ3v) is 5.63. The van der Waals surface area contributed by atoms with E-state index in [4.69, 9.17) is 19.5 Å². The average molecular weight is 424 g/mol. The van der Waals surface area contributed by atoms with Crippen molar-refractivity contribution in [2.75, 3.05) is 53.6 Å². The largest absolute Gasteiger partial charge is 0.493 e. The Bertz CT molecular complexity index is 818. The zero-order valence-corrected chi connectivity index (χ0v) is 18.7. The summed E-state index contributed by atoms with van der Waals surface area (Å²) in [5.74, 6) is 2.09. The van der Waals surface area contributed by atoms with Crippen LogP contribution < -0.4 is 14.2 Å². The highest BCUT2D eigenvalue weighted by Crippen LogP contribution is 2.39. The molecule has 31 heavy (non-hydrogen) atoms. The third kappa shape index (κ3) is 6.88. The number of methoxy groups -OCH3 is 2. The fourth-order valence-corrected chi connectivity index (χ4v) is 3.90. The Kier molecular flexibility index (Phi) is 9.01. The van der Waals surface area contributed by atoms with E-state index in [0.717, 1.165) is 57.7 Å². The molecule has 166 valence electrons. The maximum absolute atomic E-state index is 8.76. The number of hydrogen-bond donors (Lipinski definition) is 0. The fourth-order valence-electron chi connectivity index (χ4n) is 3.90. The van der Waals surface area contributed by atoms with Gasteiger partial charge in [-0.3, -0.25) is 9.80 Å². The van der Waals surface area contributed by atoms with Crippen LogP contribution in [0.25, 0.3) is 0 Å². The minimum Gasteiger partial charge on any atom is -0.493 e. The zero-order chi connectivity index (χ0) is 21.9. The monoisotopic (exact) mass is 423 g/mol. The maximum atomic E-state index is 8.76. The number of rotatable bonds is 11. The Labute approximate surface area is 185 Å². The minimum atomic E-state index is 0.598. The van der Waals surface area contributed by atoms with Gasteiger partial charge >= 0.3 is 0 Å². The normalized spacial score (nSPS) is 14.7. The van der Waals surface area contributed by atoms with E-state index < -0.39 is 0 Å². The molecule has 1 heterocycles. The number of hydrogen-bond acceptors (Lipinski definition) is 6. The van der Waals surface area contributed by atoms with Gasteiger partial charge in [0.05, 0.1) is 26.9 Å². The van der Waals surface area contributed by atoms with Crippen molar-refractivity contribution < 1.29 is 14.2 Å². The highest BCUT2D eigenvalue weighted by atomic mass is 16.5. The second kappa shape index (κ2) is 12.2. The fraction of sp³-hybridized carbons (Fsp3) is 0.480. The molecule has 0 saturated carbocycles. The van der Waals surface area contributed by atoms with E-state index in [2.05, 4.69) is 52.3 Å². The van der Waals surface area contributed by atoms with Crippen LogP contribution in [0.3, 0.4) is 0 Å². The van der Waals surface area contributed by atoms with Crippen LogP contribution in [-0.2, 0) is 13.0 Å². The van der Waals surface area contributed by atoms with Crippen LogP contribution >= 0.6 is 0 Å². The van der Waals surface area contributed by atoms with Crippen molar-refractivity contribution in [3.8, 4) is 23.3 Å². The molecular weight excluding hydrogens is 390 g/mol. The number of aryl methyl sites for hydroxylation is 1. The first kappa shape index (κ1) is 22.9. The molecule has 0 N–H and O–H groups in total. The Balaban J connectivity index is 1.56. The molecule has 1 aliphatic heterocycles. The lowest BCUT2D eigenvalue weighted by atomic mass is 10.1. The van der Waals surface area contributed by atoms with Gasteiger partial charge in [0.2, 0.25) is 5.75 Å². The predicted octanol–water partition coefficient (Wildman–Crippen LogP) is 3.75. The standard InChI is InChI=1S/C25H33N3O3/c1-29-23-18-22(20-28-15-13-27(14-16-28)12-7-11-26)19-24(30-2)25(23)31-17-6-10-21-8-4-3-5-9-21/h3-5,8-9,18-19H,6-7,10,12-17,20H2,1-2H3. The zero-order valence-electron chi connectivity index (χ0n) is 18.7. The molecule has 2 aromatic carbocycles. The SMILES string of the molecule is COc1cc(CN2CCN(CCC#N)CC2)cc(OC)c1OCCCc1ccccc1. The summed E-state index contributed by atoms with van der Waals surface area (Å²) in [6.45, 7) is 6.29. The van der Waals surface area contributed by atoms with E-state index >= 15 is 0 Å². The van der Waals surface area contributed by atoms with Crippen LogP contribution in [0.1, 0.15) is 24.0 Å². The van der Waals surface area contributed by atoms with Crippen molar-refractivity contribution in [3.63, 3.8) is 0 Å². The quantitative estimate of drug-likeness (QED) is 0.513. The van der Waals surface area contributed by atoms with Gasteiger partial charge in [-0.2, -0.15) is 5.26 Å². The Morgan fingerprint density at radius 2 is 1.55 bits per heavy atom. The van der Waals surface area contributed by atoms with Gasteiger partial charge in [0.15, 0.2) is 11.5 Å². The van der Waals surface area contributed by atoms with E-state index in [1.54, 1.807) is 14.2 Å². The molecule has 0 amide bonds. The predicted molar refractivity (Wildman–Crippen MR) is 122 cm³/mol. The first-order valence-corrected chi connectivity index (χ1v) is 11.0. The van der Waals surface area contributed by atoms with Crippen LogP contribution in [0.4, 0.5) is 0 Å². The molecule has 3 rings (SSSR count). The van der Waals surface area contributed by atoms with Gasteiger partial charge in [-0.05, 0) is 36.1 Å². The van der Waals surface area contributed by atoms with Gasteiger partial charge in [0, 0.05) is 45.7 Å². The Morgan fingerprint density at radius 1 is 0.903 bits per heavy atom. The topological polar surface area (TPSA) is 58.0 Å². The smallest absolute Gasteiger partial charge is 0.203 e. The third-order valence-electron chi connectivity index (χ3n) is 5.63. The maximum Gasteiger partial charge on any atom is 0.203 e. The second-order valence-electron chi connectivity index (χ2n) is 7.79. The summed E-state index contributed by atoms with van der Waals surface area (Å²) in [6, 6.07) is 16.8. The minimum absolute atomic E-state index is 0.598. The van der Waals surface area contributed by atoms with E-state index in [0.29, 0.717) is 30.3 Å². The van der Waals surface area contributed by atoms with Crippen molar-refractivity contribution in [1.82, 2.24) is 9.80 Å². The molecule has 6 nitrogen and oxygen atoms in total. The van der Waals surface area contributed by atoms with E-state index in [1.807, 2.05) is 6.07 Å². The Morgan fingerprint density at radius 3 is 2.16 bits per heavy atom. The molecule has 0 radical (unpaired) electrons. The molecule has 0 spiro atoms. The first-order valence-electron chi connectivity index (χ1n) is 11.0. The summed E-state index contributed by atoms with van der Waals surface area (Å²) in [4.78, 5) is 4.78. The van der Waals surface area contributed by atoms with Crippen molar-refractivity contribution in [3.05, 3.63) is 53.6 Å². The first-order chi connectivity index (χ1) is 15.2. The van der Waals surface area contributed by atoms with Crippen molar-refractivity contribution in [2.24, 2.45) is 0 Å². The Hall–Kier alpha value is -2.75. The molecule has 6 heteroatoms. The lowest BCUT2D eigenvalue weighted by Gasteiger charge is -2.34. The van der Waals surface area contributed by atoms with Crippen LogP contribution in [-0.4, -0.2) is 63.4 Å². The molecule has 0 unspecified atom stereocenters. The average Bonchev–Trinajstić information content (AvgIpc) is 2.82. The number of nitriles is 1. The highest BCUT2D eigenvalue weighted by molar-refractivity contribution is 5.54. The van der Waals surface area contributed by atoms with Crippen LogP contribution in [0, 0.1) is 11.3 Å². The molecule has 1 saturated heterocycles. The van der Waals surface area contributed by atoms with Crippen LogP contribution in [0.15, 0.2) is 42.5 Å². The molecule has 0 bridgehead atoms. The summed E-state index contributed by atoms with van der Waals surface area (Å²) in [6.07, 6.45) is 2.50. The van der Waals surface area contributed by atoms with Crippen molar-refractivity contribution in [1.29, 1.82) is 5.26 Å². The van der Waals surface area contributed by atoms with Crippen molar-refractivity contribution >= 4 is 0 Å². The lowest BCUT2D eigenvalue weighted by molar-refractivity contribution is 0.129. The molecule has 0 aromatic heterocycles. The number of piperazine rings is 1. The summed E-state index contributed by atoms with van der Waals surface area (Å²) in [7, 11) is 3.34. The van der Waals surface area contributed by atoms with E-state index in [9.17, 15) is 0 Å². The molecular formula is C25H33N3O3. The highest BCUT2D eigenvalue weighted by Gasteiger charge is 2.19. The van der Waals surface area contributed by atoms with E-state index in [1.165, 1.54) is 5.56 Å².